The van der Waals surface area contributed by atoms with Crippen LogP contribution in [0.5, 0.6) is 0 Å². The van der Waals surface area contributed by atoms with E-state index < -0.39 is 0 Å². The standard InChI is InChI=1S/C12H18.C11H16/c1-10-6-5-7-11(8-10)9-12(2,3)4;1-11(2,3)9-10-7-5-4-6-8-10/h5-8H,9H2,1-4H3;4-8H,9H2,1-3H3. The van der Waals surface area contributed by atoms with E-state index in [0.717, 1.165) is 12.8 Å². The van der Waals surface area contributed by atoms with E-state index in [0.29, 0.717) is 10.8 Å². The van der Waals surface area contributed by atoms with E-state index in [-0.39, 0.29) is 0 Å². The van der Waals surface area contributed by atoms with Gasteiger partial charge in [-0.25, -0.2) is 0 Å². The molecule has 0 unspecified atom stereocenters. The van der Waals surface area contributed by atoms with Crippen molar-refractivity contribution >= 4 is 0 Å². The van der Waals surface area contributed by atoms with Crippen LogP contribution < -0.4 is 0 Å². The SMILES string of the molecule is CC(C)(C)Cc1ccccc1.Cc1cccc(CC(C)(C)C)c1. The van der Waals surface area contributed by atoms with Gasteiger partial charge >= 0.3 is 0 Å². The van der Waals surface area contributed by atoms with Gasteiger partial charge in [0.15, 0.2) is 0 Å². The lowest BCUT2D eigenvalue weighted by atomic mass is 9.88. The molecule has 0 N–H and O–H groups in total. The van der Waals surface area contributed by atoms with Gasteiger partial charge in [0.2, 0.25) is 0 Å². The summed E-state index contributed by atoms with van der Waals surface area (Å²) in [5.74, 6) is 0. The Hall–Kier alpha value is -1.56. The molecule has 0 aliphatic rings. The fraction of sp³-hybridized carbons (Fsp3) is 0.478. The molecule has 0 heterocycles. The second kappa shape index (κ2) is 8.34. The van der Waals surface area contributed by atoms with Gasteiger partial charge in [-0.1, -0.05) is 102 Å². The summed E-state index contributed by atoms with van der Waals surface area (Å²) in [6.45, 7) is 15.8. The largest absolute Gasteiger partial charge is 0.0622 e. The Morgan fingerprint density at radius 1 is 0.609 bits per heavy atom. The third kappa shape index (κ3) is 9.94. The maximum atomic E-state index is 2.27. The van der Waals surface area contributed by atoms with Crippen LogP contribution in [0, 0.1) is 17.8 Å². The van der Waals surface area contributed by atoms with E-state index in [4.69, 9.17) is 0 Å². The first-order valence-electron chi connectivity index (χ1n) is 8.65. The molecule has 0 heteroatoms. The highest BCUT2D eigenvalue weighted by atomic mass is 14.2. The van der Waals surface area contributed by atoms with Crippen LogP contribution in [0.4, 0.5) is 0 Å². The summed E-state index contributed by atoms with van der Waals surface area (Å²) in [5, 5.41) is 0. The van der Waals surface area contributed by atoms with E-state index in [2.05, 4.69) is 103 Å². The van der Waals surface area contributed by atoms with Gasteiger partial charge in [-0.15, -0.1) is 0 Å². The van der Waals surface area contributed by atoms with E-state index in [9.17, 15) is 0 Å². The zero-order chi connectivity index (χ0) is 17.5. The Balaban J connectivity index is 0.000000231. The first kappa shape index (κ1) is 19.5. The van der Waals surface area contributed by atoms with Crippen molar-refractivity contribution in [2.75, 3.05) is 0 Å². The van der Waals surface area contributed by atoms with Gasteiger partial charge in [0.1, 0.15) is 0 Å². The molecule has 2 rings (SSSR count). The van der Waals surface area contributed by atoms with Crippen molar-refractivity contribution in [2.45, 2.75) is 61.3 Å². The maximum Gasteiger partial charge on any atom is -0.0230 e. The molecule has 0 aliphatic carbocycles. The summed E-state index contributed by atoms with van der Waals surface area (Å²) in [7, 11) is 0. The lowest BCUT2D eigenvalue weighted by Gasteiger charge is -2.18. The smallest absolute Gasteiger partial charge is 0.0230 e. The third-order valence-corrected chi connectivity index (χ3v) is 3.39. The van der Waals surface area contributed by atoms with Crippen LogP contribution in [0.15, 0.2) is 54.6 Å². The predicted molar refractivity (Wildman–Crippen MR) is 104 cm³/mol. The normalized spacial score (nSPS) is 11.6. The molecule has 2 aromatic carbocycles. The number of rotatable bonds is 2. The molecule has 0 aromatic heterocycles. The molecule has 0 bridgehead atoms. The monoisotopic (exact) mass is 310 g/mol. The van der Waals surface area contributed by atoms with Gasteiger partial charge in [-0.05, 0) is 41.7 Å². The summed E-state index contributed by atoms with van der Waals surface area (Å²) in [6, 6.07) is 19.4. The van der Waals surface area contributed by atoms with E-state index in [1.54, 1.807) is 0 Å². The molecule has 0 aliphatic heterocycles. The molecule has 0 fully saturated rings. The van der Waals surface area contributed by atoms with Crippen LogP contribution in [0.1, 0.15) is 58.2 Å². The number of hydrogen-bond acceptors (Lipinski definition) is 0. The van der Waals surface area contributed by atoms with E-state index in [1.165, 1.54) is 16.7 Å². The maximum absolute atomic E-state index is 2.27. The second-order valence-corrected chi connectivity index (χ2v) is 8.95. The number of aryl methyl sites for hydroxylation is 1. The molecule has 0 saturated carbocycles. The number of hydrogen-bond donors (Lipinski definition) is 0. The molecule has 0 atom stereocenters. The van der Waals surface area contributed by atoms with Crippen molar-refractivity contribution in [2.24, 2.45) is 10.8 Å². The first-order valence-corrected chi connectivity index (χ1v) is 8.65. The van der Waals surface area contributed by atoms with Crippen LogP contribution in [-0.2, 0) is 12.8 Å². The minimum Gasteiger partial charge on any atom is -0.0622 e. The van der Waals surface area contributed by atoms with Crippen LogP contribution in [-0.4, -0.2) is 0 Å². The average Bonchev–Trinajstić information content (AvgIpc) is 2.36. The summed E-state index contributed by atoms with van der Waals surface area (Å²) >= 11 is 0. The highest BCUT2D eigenvalue weighted by Gasteiger charge is 2.11. The molecule has 0 saturated heterocycles. The average molecular weight is 311 g/mol. The Kier molecular flexibility index (Phi) is 7.06. The molecule has 0 nitrogen and oxygen atoms in total. The molecule has 0 amide bonds. The molecule has 2 aromatic rings. The zero-order valence-corrected chi connectivity index (χ0v) is 16.1. The van der Waals surface area contributed by atoms with E-state index in [1.807, 2.05) is 0 Å². The van der Waals surface area contributed by atoms with Crippen molar-refractivity contribution in [1.29, 1.82) is 0 Å². The second-order valence-electron chi connectivity index (χ2n) is 8.95. The van der Waals surface area contributed by atoms with Crippen molar-refractivity contribution in [1.82, 2.24) is 0 Å². The predicted octanol–water partition coefficient (Wildman–Crippen LogP) is 6.86. The minimum absolute atomic E-state index is 0.397. The summed E-state index contributed by atoms with van der Waals surface area (Å²) in [5.41, 5.74) is 5.04. The Bertz CT molecular complexity index is 565. The molecular weight excluding hydrogens is 276 g/mol. The van der Waals surface area contributed by atoms with Crippen LogP contribution in [0.2, 0.25) is 0 Å². The fourth-order valence-electron chi connectivity index (χ4n) is 2.64. The van der Waals surface area contributed by atoms with Gasteiger partial charge in [0, 0.05) is 0 Å². The van der Waals surface area contributed by atoms with Gasteiger partial charge in [-0.2, -0.15) is 0 Å². The van der Waals surface area contributed by atoms with Gasteiger partial charge < -0.3 is 0 Å². The van der Waals surface area contributed by atoms with Crippen molar-refractivity contribution in [3.8, 4) is 0 Å². The number of benzene rings is 2. The highest BCUT2D eigenvalue weighted by molar-refractivity contribution is 5.23. The van der Waals surface area contributed by atoms with Gasteiger partial charge in [0.25, 0.3) is 0 Å². The van der Waals surface area contributed by atoms with Crippen LogP contribution >= 0.6 is 0 Å². The minimum atomic E-state index is 0.397. The molecule has 126 valence electrons. The lowest BCUT2D eigenvalue weighted by molar-refractivity contribution is 0.411. The molecular formula is C23H34. The Labute approximate surface area is 144 Å². The van der Waals surface area contributed by atoms with E-state index >= 15 is 0 Å². The molecule has 0 radical (unpaired) electrons. The van der Waals surface area contributed by atoms with Gasteiger partial charge in [0.05, 0.1) is 0 Å². The van der Waals surface area contributed by atoms with Crippen molar-refractivity contribution in [3.05, 3.63) is 71.3 Å². The third-order valence-electron chi connectivity index (χ3n) is 3.39. The first-order chi connectivity index (χ1) is 10.6. The fourth-order valence-corrected chi connectivity index (χ4v) is 2.64. The highest BCUT2D eigenvalue weighted by Crippen LogP contribution is 2.21. The Morgan fingerprint density at radius 2 is 1.09 bits per heavy atom. The van der Waals surface area contributed by atoms with Crippen LogP contribution in [0.3, 0.4) is 0 Å². The van der Waals surface area contributed by atoms with Crippen LogP contribution in [0.25, 0.3) is 0 Å². The summed E-state index contributed by atoms with van der Waals surface area (Å²) < 4.78 is 0. The molecule has 0 spiro atoms. The molecule has 23 heavy (non-hydrogen) atoms. The van der Waals surface area contributed by atoms with Gasteiger partial charge in [-0.3, -0.25) is 0 Å². The Morgan fingerprint density at radius 3 is 1.57 bits per heavy atom. The van der Waals surface area contributed by atoms with Crippen molar-refractivity contribution in [3.63, 3.8) is 0 Å². The topological polar surface area (TPSA) is 0 Å². The van der Waals surface area contributed by atoms with Crippen molar-refractivity contribution < 1.29 is 0 Å². The summed E-state index contributed by atoms with van der Waals surface area (Å²) in [4.78, 5) is 0. The lowest BCUT2D eigenvalue weighted by Crippen LogP contribution is -2.08. The quantitative estimate of drug-likeness (QED) is 0.568. The zero-order valence-electron chi connectivity index (χ0n) is 16.1. The summed E-state index contributed by atoms with van der Waals surface area (Å²) in [6.07, 6.45) is 2.32.